The fourth-order valence-electron chi connectivity index (χ4n) is 4.51. The van der Waals surface area contributed by atoms with E-state index in [9.17, 15) is 23.1 Å². The molecule has 0 spiro atoms. The number of nitrogen functional groups attached to an aromatic ring is 1. The van der Waals surface area contributed by atoms with Crippen LogP contribution in [-0.2, 0) is 25.8 Å². The van der Waals surface area contributed by atoms with E-state index in [1.54, 1.807) is 60.7 Å². The molecule has 1 atom stereocenters. The van der Waals surface area contributed by atoms with Gasteiger partial charge in [-0.25, -0.2) is 13.4 Å². The summed E-state index contributed by atoms with van der Waals surface area (Å²) in [6.45, 7) is 1.88. The van der Waals surface area contributed by atoms with Gasteiger partial charge in [-0.15, -0.1) is 0 Å². The molecule has 1 saturated heterocycles. The molecule has 3 aromatic carbocycles. The molecular weight excluding hydrogens is 558 g/mol. The first kappa shape index (κ1) is 26.6. The second-order valence-corrected chi connectivity index (χ2v) is 12.4. The Kier molecular flexibility index (Phi) is 7.02. The Bertz CT molecular complexity index is 1750. The topological polar surface area (TPSA) is 131 Å². The summed E-state index contributed by atoms with van der Waals surface area (Å²) in [5.41, 5.74) is 7.75. The first-order valence-electron chi connectivity index (χ1n) is 11.8. The maximum absolute atomic E-state index is 13.5. The molecule has 1 fully saturated rings. The molecule has 1 aromatic heterocycles. The van der Waals surface area contributed by atoms with Crippen molar-refractivity contribution in [3.63, 3.8) is 0 Å². The van der Waals surface area contributed by atoms with Gasteiger partial charge < -0.3 is 10.8 Å². The summed E-state index contributed by atoms with van der Waals surface area (Å²) in [4.78, 5) is 32.3. The number of halogens is 1. The van der Waals surface area contributed by atoms with Crippen LogP contribution in [0.1, 0.15) is 29.7 Å². The maximum atomic E-state index is 13.5. The Hall–Kier alpha value is -3.99. The Morgan fingerprint density at radius 2 is 1.82 bits per heavy atom. The molecule has 0 aliphatic carbocycles. The highest BCUT2D eigenvalue weighted by molar-refractivity contribution is 7.93. The number of anilines is 2. The zero-order valence-corrected chi connectivity index (χ0v) is 22.9. The van der Waals surface area contributed by atoms with Crippen LogP contribution in [0, 0.1) is 0 Å². The minimum atomic E-state index is -3.91. The molecular formula is C28H22ClN3O5S2. The number of benzene rings is 3. The number of hydrogen-bond donors (Lipinski definition) is 2. The monoisotopic (exact) mass is 579 g/mol. The van der Waals surface area contributed by atoms with E-state index in [2.05, 4.69) is 4.98 Å². The zero-order valence-electron chi connectivity index (χ0n) is 20.5. The van der Waals surface area contributed by atoms with Gasteiger partial charge in [0.1, 0.15) is 9.97 Å². The van der Waals surface area contributed by atoms with Gasteiger partial charge in [0.05, 0.1) is 22.7 Å². The van der Waals surface area contributed by atoms with Crippen LogP contribution in [0.2, 0.25) is 5.02 Å². The SMILES string of the molecule is CCc1cc(N)ccc1/C(O)=C1\C(=O)C(=O)N(c2ncc(S(=O)(=O)c3ccccc3)s2)C1c1cccc(Cl)c1. The molecule has 1 unspecified atom stereocenters. The highest BCUT2D eigenvalue weighted by Crippen LogP contribution is 2.45. The summed E-state index contributed by atoms with van der Waals surface area (Å²) in [7, 11) is -3.91. The highest BCUT2D eigenvalue weighted by Gasteiger charge is 2.48. The fourth-order valence-corrected chi connectivity index (χ4v) is 7.27. The summed E-state index contributed by atoms with van der Waals surface area (Å²) in [6.07, 6.45) is 1.67. The molecule has 1 aliphatic rings. The molecule has 4 aromatic rings. The first-order chi connectivity index (χ1) is 18.6. The number of carbonyl (C=O) groups excluding carboxylic acids is 2. The van der Waals surface area contributed by atoms with Gasteiger partial charge in [0.15, 0.2) is 5.13 Å². The van der Waals surface area contributed by atoms with Crippen molar-refractivity contribution in [2.45, 2.75) is 28.5 Å². The largest absolute Gasteiger partial charge is 0.507 e. The van der Waals surface area contributed by atoms with Gasteiger partial charge in [-0.05, 0) is 60.0 Å². The minimum absolute atomic E-state index is 0.0105. The summed E-state index contributed by atoms with van der Waals surface area (Å²) < 4.78 is 26.3. The van der Waals surface area contributed by atoms with Crippen LogP contribution in [0.15, 0.2) is 93.7 Å². The number of aryl methyl sites for hydroxylation is 1. The quantitative estimate of drug-likeness (QED) is 0.135. The molecule has 3 N–H and O–H groups in total. The van der Waals surface area contributed by atoms with E-state index < -0.39 is 27.6 Å². The van der Waals surface area contributed by atoms with Gasteiger partial charge in [0, 0.05) is 16.3 Å². The van der Waals surface area contributed by atoms with E-state index in [1.165, 1.54) is 12.1 Å². The summed E-state index contributed by atoms with van der Waals surface area (Å²) in [6, 6.07) is 18.2. The molecule has 0 radical (unpaired) electrons. The van der Waals surface area contributed by atoms with Crippen molar-refractivity contribution in [3.8, 4) is 0 Å². The van der Waals surface area contributed by atoms with E-state index in [1.807, 2.05) is 6.92 Å². The number of carbonyl (C=O) groups is 2. The number of amides is 1. The summed E-state index contributed by atoms with van der Waals surface area (Å²) in [5.74, 6) is -2.25. The van der Waals surface area contributed by atoms with Crippen molar-refractivity contribution in [1.82, 2.24) is 4.98 Å². The smallest absolute Gasteiger partial charge is 0.301 e. The van der Waals surface area contributed by atoms with Gasteiger partial charge in [-0.3, -0.25) is 14.5 Å². The molecule has 39 heavy (non-hydrogen) atoms. The van der Waals surface area contributed by atoms with Crippen LogP contribution >= 0.6 is 22.9 Å². The fraction of sp³-hybridized carbons (Fsp3) is 0.107. The van der Waals surface area contributed by atoms with Crippen LogP contribution in [-0.4, -0.2) is 30.2 Å². The lowest BCUT2D eigenvalue weighted by molar-refractivity contribution is -0.132. The van der Waals surface area contributed by atoms with Gasteiger partial charge in [-0.1, -0.05) is 60.2 Å². The number of aromatic nitrogens is 1. The van der Waals surface area contributed by atoms with Gasteiger partial charge in [0.2, 0.25) is 9.84 Å². The number of Topliss-reactive ketones (excluding diaryl/α,β-unsaturated/α-hetero) is 1. The van der Waals surface area contributed by atoms with Crippen molar-refractivity contribution in [1.29, 1.82) is 0 Å². The van der Waals surface area contributed by atoms with Crippen molar-refractivity contribution >= 4 is 61.0 Å². The highest BCUT2D eigenvalue weighted by atomic mass is 35.5. The normalized spacial score (nSPS) is 17.1. The number of nitrogens with two attached hydrogens (primary N) is 1. The Morgan fingerprint density at radius 1 is 1.08 bits per heavy atom. The van der Waals surface area contributed by atoms with Crippen LogP contribution in [0.5, 0.6) is 0 Å². The Balaban J connectivity index is 1.69. The van der Waals surface area contributed by atoms with Crippen molar-refractivity contribution in [2.24, 2.45) is 0 Å². The van der Waals surface area contributed by atoms with Crippen molar-refractivity contribution < 1.29 is 23.1 Å². The standard InChI is InChI=1S/C28H22ClN3O5S2/c1-2-16-14-19(30)11-12-21(16)25(33)23-24(17-7-6-8-18(29)13-17)32(27(35)26(23)34)28-31-15-22(38-28)39(36,37)20-9-4-3-5-10-20/h3-15,24,33H,2,30H2,1H3/b25-23+. The van der Waals surface area contributed by atoms with Gasteiger partial charge in [0.25, 0.3) is 5.78 Å². The van der Waals surface area contributed by atoms with Crippen LogP contribution in [0.25, 0.3) is 5.76 Å². The third-order valence-corrected chi connectivity index (χ3v) is 9.83. The van der Waals surface area contributed by atoms with E-state index in [0.29, 0.717) is 33.8 Å². The number of sulfone groups is 1. The minimum Gasteiger partial charge on any atom is -0.507 e. The maximum Gasteiger partial charge on any atom is 0.301 e. The summed E-state index contributed by atoms with van der Waals surface area (Å²) in [5, 5.41) is 11.8. The lowest BCUT2D eigenvalue weighted by Gasteiger charge is -2.23. The number of thiazole rings is 1. The second-order valence-electron chi connectivity index (χ2n) is 8.77. The van der Waals surface area contributed by atoms with Crippen molar-refractivity contribution in [3.05, 3.63) is 106 Å². The van der Waals surface area contributed by atoms with E-state index in [0.717, 1.165) is 22.4 Å². The lowest BCUT2D eigenvalue weighted by Crippen LogP contribution is -2.29. The molecule has 8 nitrogen and oxygen atoms in total. The third kappa shape index (κ3) is 4.71. The number of aliphatic hydroxyl groups is 1. The predicted octanol–water partition coefficient (Wildman–Crippen LogP) is 5.40. The molecule has 2 heterocycles. The summed E-state index contributed by atoms with van der Waals surface area (Å²) >= 11 is 7.02. The molecule has 5 rings (SSSR count). The molecule has 0 saturated carbocycles. The van der Waals surface area contributed by atoms with E-state index >= 15 is 0 Å². The van der Waals surface area contributed by atoms with Crippen LogP contribution in [0.3, 0.4) is 0 Å². The molecule has 1 amide bonds. The van der Waals surface area contributed by atoms with Crippen LogP contribution < -0.4 is 10.6 Å². The molecule has 0 bridgehead atoms. The first-order valence-corrected chi connectivity index (χ1v) is 14.5. The van der Waals surface area contributed by atoms with E-state index in [4.69, 9.17) is 17.3 Å². The predicted molar refractivity (Wildman–Crippen MR) is 150 cm³/mol. The third-order valence-electron chi connectivity index (χ3n) is 6.37. The Labute approximate surface area is 233 Å². The second kappa shape index (κ2) is 10.3. The Morgan fingerprint density at radius 3 is 2.51 bits per heavy atom. The van der Waals surface area contributed by atoms with Crippen LogP contribution in [0.4, 0.5) is 10.8 Å². The number of nitrogens with zero attached hydrogens (tertiary/aromatic N) is 2. The number of rotatable bonds is 6. The average molecular weight is 580 g/mol. The number of hydrogen-bond acceptors (Lipinski definition) is 8. The zero-order chi connectivity index (χ0) is 27.9. The molecule has 11 heteroatoms. The number of ketones is 1. The van der Waals surface area contributed by atoms with Gasteiger partial charge >= 0.3 is 5.91 Å². The molecule has 1 aliphatic heterocycles. The molecule has 198 valence electrons. The van der Waals surface area contributed by atoms with E-state index in [-0.39, 0.29) is 25.6 Å². The lowest BCUT2D eigenvalue weighted by atomic mass is 9.93. The average Bonchev–Trinajstić information content (AvgIpc) is 3.52. The van der Waals surface area contributed by atoms with Gasteiger partial charge in [-0.2, -0.15) is 0 Å². The van der Waals surface area contributed by atoms with Crippen molar-refractivity contribution in [2.75, 3.05) is 10.6 Å². The number of aliphatic hydroxyl groups excluding tert-OH is 1.